The number of aromatic nitrogens is 2. The zero-order valence-electron chi connectivity index (χ0n) is 17.5. The fraction of sp³-hybridized carbons (Fsp3) is 0.650. The lowest BCUT2D eigenvalue weighted by atomic mass is 9.93. The van der Waals surface area contributed by atoms with Crippen molar-refractivity contribution < 1.29 is 18.3 Å². The molecule has 1 aliphatic heterocycles. The minimum absolute atomic E-state index is 0.0189. The number of likely N-dealkylation sites (tertiary alicyclic amines) is 1. The molecule has 3 atom stereocenters. The third-order valence-corrected chi connectivity index (χ3v) is 6.17. The Hall–Kier alpha value is -1.48. The van der Waals surface area contributed by atoms with Gasteiger partial charge >= 0.3 is 0 Å². The molecule has 3 rings (SSSR count). The molecule has 2 heterocycles. The smallest absolute Gasteiger partial charge is 0.228 e. The maximum Gasteiger partial charge on any atom is 0.228 e. The lowest BCUT2D eigenvalue weighted by Crippen LogP contribution is -2.49. The van der Waals surface area contributed by atoms with Crippen LogP contribution in [0.4, 0.5) is 0 Å². The van der Waals surface area contributed by atoms with Crippen LogP contribution < -0.4 is 0 Å². The van der Waals surface area contributed by atoms with Gasteiger partial charge in [0.1, 0.15) is 0 Å². The average molecular weight is 410 g/mol. The van der Waals surface area contributed by atoms with Crippen LogP contribution >= 0.6 is 0 Å². The van der Waals surface area contributed by atoms with Crippen LogP contribution in [0.25, 0.3) is 11.0 Å². The van der Waals surface area contributed by atoms with Crippen LogP contribution in [0.3, 0.4) is 0 Å². The van der Waals surface area contributed by atoms with E-state index in [1.165, 1.54) is 6.26 Å². The number of rotatable bonds is 4. The molecule has 0 aliphatic carbocycles. The molecule has 1 aliphatic rings. The minimum Gasteiger partial charge on any atom is -0.356 e. The highest BCUT2D eigenvalue weighted by Crippen LogP contribution is 2.35. The predicted octanol–water partition coefficient (Wildman–Crippen LogP) is 2.72. The number of sulfone groups is 1. The molecule has 28 heavy (non-hydrogen) atoms. The molecule has 1 aromatic carbocycles. The summed E-state index contributed by atoms with van der Waals surface area (Å²) in [6.45, 7) is 11.0. The van der Waals surface area contributed by atoms with E-state index in [1.807, 2.05) is 55.4 Å². The number of nitrogens with zero attached hydrogens (tertiary/aromatic N) is 3. The summed E-state index contributed by atoms with van der Waals surface area (Å²) in [4.78, 5) is 6.38. The summed E-state index contributed by atoms with van der Waals surface area (Å²) >= 11 is 0. The Morgan fingerprint density at radius 2 is 2.00 bits per heavy atom. The van der Waals surface area contributed by atoms with Crippen molar-refractivity contribution >= 4 is 20.9 Å². The van der Waals surface area contributed by atoms with E-state index in [1.54, 1.807) is 0 Å². The highest BCUT2D eigenvalue weighted by atomic mass is 32.2. The molecule has 0 amide bonds. The van der Waals surface area contributed by atoms with Gasteiger partial charge in [0.2, 0.25) is 21.4 Å². The first-order valence-electron chi connectivity index (χ1n) is 9.66. The Morgan fingerprint density at radius 1 is 1.32 bits per heavy atom. The number of hydrogen-bond acceptors (Lipinski definition) is 6. The second kappa shape index (κ2) is 7.40. The Morgan fingerprint density at radius 3 is 2.57 bits per heavy atom. The largest absolute Gasteiger partial charge is 0.356 e. The summed E-state index contributed by atoms with van der Waals surface area (Å²) in [7, 11) is -3.47. The Kier molecular flexibility index (Phi) is 5.62. The first-order valence-corrected chi connectivity index (χ1v) is 11.5. The Bertz CT molecular complexity index is 962. The molecule has 0 saturated carbocycles. The van der Waals surface area contributed by atoms with Gasteiger partial charge in [-0.15, -0.1) is 0 Å². The van der Waals surface area contributed by atoms with Crippen molar-refractivity contribution in [3.05, 3.63) is 23.8 Å². The van der Waals surface area contributed by atoms with Crippen LogP contribution in [0.5, 0.6) is 0 Å². The summed E-state index contributed by atoms with van der Waals surface area (Å²) < 4.78 is 32.5. The lowest BCUT2D eigenvalue weighted by Gasteiger charge is -2.41. The summed E-state index contributed by atoms with van der Waals surface area (Å²) in [6, 6.07) is 5.79. The van der Waals surface area contributed by atoms with E-state index in [0.29, 0.717) is 19.5 Å². The summed E-state index contributed by atoms with van der Waals surface area (Å²) in [5.41, 5.74) is 2.09. The standard InChI is InChI=1S/C20H31N3O4S/c1-13-8-7-9-16-17(13)21-18(28(6,25)26)23(16)15-10-11-22(12-14(15)2)19(24)27-20(3,4)5/h7-9,14-15,19,24H,10-12H2,1-6H3/t14-,15-,19?/m0/s1. The topological polar surface area (TPSA) is 84.7 Å². The molecular weight excluding hydrogens is 378 g/mol. The van der Waals surface area contributed by atoms with E-state index in [2.05, 4.69) is 11.9 Å². The first-order chi connectivity index (χ1) is 12.9. The van der Waals surface area contributed by atoms with Crippen molar-refractivity contribution in [3.8, 4) is 0 Å². The SMILES string of the molecule is Cc1cccc2c1nc(S(C)(=O)=O)n2[C@H]1CCN(C(O)OC(C)(C)C)C[C@@H]1C. The van der Waals surface area contributed by atoms with Crippen LogP contribution in [0, 0.1) is 12.8 Å². The molecule has 156 valence electrons. The van der Waals surface area contributed by atoms with E-state index < -0.39 is 21.9 Å². The van der Waals surface area contributed by atoms with E-state index in [-0.39, 0.29) is 17.1 Å². The van der Waals surface area contributed by atoms with Gasteiger partial charge in [0, 0.05) is 25.4 Å². The molecule has 2 aromatic rings. The maximum atomic E-state index is 12.5. The van der Waals surface area contributed by atoms with Crippen molar-refractivity contribution in [3.63, 3.8) is 0 Å². The zero-order valence-corrected chi connectivity index (χ0v) is 18.3. The molecular formula is C20H31N3O4S. The monoisotopic (exact) mass is 409 g/mol. The third kappa shape index (κ3) is 4.25. The molecule has 0 spiro atoms. The van der Waals surface area contributed by atoms with Crippen LogP contribution in [0.1, 0.15) is 45.7 Å². The quantitative estimate of drug-likeness (QED) is 0.782. The van der Waals surface area contributed by atoms with E-state index in [9.17, 15) is 13.5 Å². The van der Waals surface area contributed by atoms with Crippen LogP contribution in [0.2, 0.25) is 0 Å². The van der Waals surface area contributed by atoms with Gasteiger partial charge in [0.25, 0.3) is 0 Å². The minimum atomic E-state index is -3.47. The normalized spacial score (nSPS) is 23.2. The molecule has 1 saturated heterocycles. The maximum absolute atomic E-state index is 12.5. The number of aliphatic hydroxyl groups excluding tert-OH is 1. The highest BCUT2D eigenvalue weighted by Gasteiger charge is 2.35. The van der Waals surface area contributed by atoms with Gasteiger partial charge < -0.3 is 14.4 Å². The van der Waals surface area contributed by atoms with Crippen molar-refractivity contribution in [2.24, 2.45) is 5.92 Å². The van der Waals surface area contributed by atoms with Crippen molar-refractivity contribution in [2.75, 3.05) is 19.3 Å². The van der Waals surface area contributed by atoms with Gasteiger partial charge in [-0.1, -0.05) is 19.1 Å². The number of aryl methyl sites for hydroxylation is 1. The first kappa shape index (κ1) is 21.2. The Balaban J connectivity index is 1.95. The summed E-state index contributed by atoms with van der Waals surface area (Å²) in [5.74, 6) is 0.116. The average Bonchev–Trinajstić information content (AvgIpc) is 2.94. The molecule has 0 bridgehead atoms. The molecule has 8 heteroatoms. The van der Waals surface area contributed by atoms with Crippen molar-refractivity contribution in [1.29, 1.82) is 0 Å². The molecule has 1 N–H and O–H groups in total. The van der Waals surface area contributed by atoms with Crippen LogP contribution in [0.15, 0.2) is 23.4 Å². The number of fused-ring (bicyclic) bond motifs is 1. The van der Waals surface area contributed by atoms with E-state index in [4.69, 9.17) is 4.74 Å². The lowest BCUT2D eigenvalue weighted by molar-refractivity contribution is -0.246. The van der Waals surface area contributed by atoms with Gasteiger partial charge in [0.05, 0.1) is 16.6 Å². The molecule has 1 aromatic heterocycles. The number of para-hydroxylation sites is 1. The number of ether oxygens (including phenoxy) is 1. The fourth-order valence-electron chi connectivity index (χ4n) is 3.96. The van der Waals surface area contributed by atoms with Crippen LogP contribution in [-0.4, -0.2) is 59.3 Å². The summed E-state index contributed by atoms with van der Waals surface area (Å²) in [6.07, 6.45) is 0.938. The summed E-state index contributed by atoms with van der Waals surface area (Å²) in [5, 5.41) is 10.5. The molecule has 1 unspecified atom stereocenters. The van der Waals surface area contributed by atoms with E-state index >= 15 is 0 Å². The molecule has 0 radical (unpaired) electrons. The number of piperidine rings is 1. The molecule has 1 fully saturated rings. The number of hydrogen-bond donors (Lipinski definition) is 1. The second-order valence-corrected chi connectivity index (χ2v) is 10.8. The predicted molar refractivity (Wildman–Crippen MR) is 109 cm³/mol. The third-order valence-electron chi connectivity index (χ3n) is 5.22. The van der Waals surface area contributed by atoms with Crippen molar-refractivity contribution in [1.82, 2.24) is 14.5 Å². The van der Waals surface area contributed by atoms with Gasteiger partial charge in [-0.25, -0.2) is 13.4 Å². The van der Waals surface area contributed by atoms with Gasteiger partial charge in [-0.3, -0.25) is 4.90 Å². The van der Waals surface area contributed by atoms with Gasteiger partial charge in [-0.05, 0) is 51.7 Å². The van der Waals surface area contributed by atoms with E-state index in [0.717, 1.165) is 16.6 Å². The zero-order chi connectivity index (χ0) is 20.9. The van der Waals surface area contributed by atoms with Gasteiger partial charge in [0.15, 0.2) is 0 Å². The van der Waals surface area contributed by atoms with Crippen LogP contribution in [-0.2, 0) is 14.6 Å². The van der Waals surface area contributed by atoms with Crippen molar-refractivity contribution in [2.45, 2.75) is 64.3 Å². The van der Waals surface area contributed by atoms with Gasteiger partial charge in [-0.2, -0.15) is 0 Å². The number of benzene rings is 1. The Labute approximate surface area is 167 Å². The highest BCUT2D eigenvalue weighted by molar-refractivity contribution is 7.90. The fourth-order valence-corrected chi connectivity index (χ4v) is 4.81. The second-order valence-electron chi connectivity index (χ2n) is 8.86. The molecule has 7 nitrogen and oxygen atoms in total. The number of imidazole rings is 1. The number of aliphatic hydroxyl groups is 1.